The molecule has 0 saturated carbocycles. The van der Waals surface area contributed by atoms with E-state index < -0.39 is 12.0 Å². The minimum atomic E-state index is -0.642. The SMILES string of the molecule is CCOC(=O)C1=C(c2ccccc2)Nc2ncnn2[C@@H]1c1cc(OC)c(OC)c(OC)c1. The highest BCUT2D eigenvalue weighted by Gasteiger charge is 2.37. The Morgan fingerprint density at radius 1 is 1.06 bits per heavy atom. The maximum atomic E-state index is 13.3. The van der Waals surface area contributed by atoms with Gasteiger partial charge in [0.15, 0.2) is 11.5 Å². The zero-order valence-electron chi connectivity index (χ0n) is 18.3. The van der Waals surface area contributed by atoms with E-state index in [-0.39, 0.29) is 6.61 Å². The van der Waals surface area contributed by atoms with Crippen molar-refractivity contribution in [3.8, 4) is 17.2 Å². The summed E-state index contributed by atoms with van der Waals surface area (Å²) < 4.78 is 23.6. The van der Waals surface area contributed by atoms with Crippen molar-refractivity contribution in [1.29, 1.82) is 0 Å². The van der Waals surface area contributed by atoms with E-state index >= 15 is 0 Å². The third kappa shape index (κ3) is 3.62. The first kappa shape index (κ1) is 21.2. The van der Waals surface area contributed by atoms with Gasteiger partial charge in [-0.15, -0.1) is 0 Å². The number of benzene rings is 2. The first-order valence-electron chi connectivity index (χ1n) is 10.1. The highest BCUT2D eigenvalue weighted by atomic mass is 16.5. The van der Waals surface area contributed by atoms with Crippen molar-refractivity contribution in [2.75, 3.05) is 33.3 Å². The number of methoxy groups -OCH3 is 3. The number of hydrogen-bond donors (Lipinski definition) is 1. The molecule has 1 atom stereocenters. The summed E-state index contributed by atoms with van der Waals surface area (Å²) in [7, 11) is 4.63. The van der Waals surface area contributed by atoms with Crippen LogP contribution < -0.4 is 19.5 Å². The van der Waals surface area contributed by atoms with E-state index in [1.54, 1.807) is 38.0 Å². The predicted molar refractivity (Wildman–Crippen MR) is 118 cm³/mol. The van der Waals surface area contributed by atoms with Crippen molar-refractivity contribution in [2.24, 2.45) is 0 Å². The first-order chi connectivity index (χ1) is 15.6. The first-order valence-corrected chi connectivity index (χ1v) is 10.1. The summed E-state index contributed by atoms with van der Waals surface area (Å²) >= 11 is 0. The third-order valence-electron chi connectivity index (χ3n) is 5.16. The molecule has 166 valence electrons. The molecule has 0 aliphatic carbocycles. The number of carbonyl (C=O) groups is 1. The fourth-order valence-corrected chi connectivity index (χ4v) is 3.79. The molecule has 1 aliphatic rings. The lowest BCUT2D eigenvalue weighted by atomic mass is 9.92. The van der Waals surface area contributed by atoms with Crippen LogP contribution in [-0.2, 0) is 9.53 Å². The maximum absolute atomic E-state index is 13.3. The Balaban J connectivity index is 2.00. The van der Waals surface area contributed by atoms with Crippen LogP contribution in [-0.4, -0.2) is 48.7 Å². The largest absolute Gasteiger partial charge is 0.493 e. The monoisotopic (exact) mass is 436 g/mol. The summed E-state index contributed by atoms with van der Waals surface area (Å²) in [4.78, 5) is 17.6. The smallest absolute Gasteiger partial charge is 0.338 e. The number of nitrogens with zero attached hydrogens (tertiary/aromatic N) is 3. The van der Waals surface area contributed by atoms with E-state index in [1.807, 2.05) is 30.3 Å². The van der Waals surface area contributed by atoms with Crippen LogP contribution in [0.5, 0.6) is 17.2 Å². The Hall–Kier alpha value is -4.01. The molecule has 2 aromatic carbocycles. The summed E-state index contributed by atoms with van der Waals surface area (Å²) in [6, 6.07) is 12.5. The second-order valence-corrected chi connectivity index (χ2v) is 6.89. The van der Waals surface area contributed by atoms with Crippen LogP contribution in [0.25, 0.3) is 5.70 Å². The minimum Gasteiger partial charge on any atom is -0.493 e. The molecule has 1 aliphatic heterocycles. The van der Waals surface area contributed by atoms with Gasteiger partial charge in [-0.25, -0.2) is 9.48 Å². The van der Waals surface area contributed by atoms with E-state index in [0.29, 0.717) is 40.0 Å². The molecule has 9 heteroatoms. The molecule has 0 bridgehead atoms. The zero-order chi connectivity index (χ0) is 22.7. The number of carbonyl (C=O) groups excluding carboxylic acids is 1. The number of nitrogens with one attached hydrogen (secondary N) is 1. The fourth-order valence-electron chi connectivity index (χ4n) is 3.79. The Morgan fingerprint density at radius 2 is 1.75 bits per heavy atom. The minimum absolute atomic E-state index is 0.233. The van der Waals surface area contributed by atoms with Gasteiger partial charge in [0.25, 0.3) is 0 Å². The second kappa shape index (κ2) is 9.01. The van der Waals surface area contributed by atoms with Gasteiger partial charge in [0.1, 0.15) is 12.4 Å². The lowest BCUT2D eigenvalue weighted by molar-refractivity contribution is -0.138. The standard InChI is InChI=1S/C23H24N4O5/c1-5-32-22(28)18-19(14-9-7-6-8-10-14)26-23-24-13-25-27(23)20(18)15-11-16(29-2)21(31-4)17(12-15)30-3/h6-13,20H,5H2,1-4H3,(H,24,25,26)/t20-/m1/s1. The van der Waals surface area contributed by atoms with E-state index in [4.69, 9.17) is 18.9 Å². The predicted octanol–water partition coefficient (Wildman–Crippen LogP) is 3.29. The molecule has 1 aromatic heterocycles. The number of aromatic nitrogens is 3. The van der Waals surface area contributed by atoms with E-state index in [2.05, 4.69) is 15.4 Å². The molecule has 0 spiro atoms. The molecule has 0 fully saturated rings. The van der Waals surface area contributed by atoms with Gasteiger partial charge in [0.05, 0.1) is 39.2 Å². The molecule has 1 N–H and O–H groups in total. The number of anilines is 1. The second-order valence-electron chi connectivity index (χ2n) is 6.89. The van der Waals surface area contributed by atoms with E-state index in [9.17, 15) is 4.79 Å². The van der Waals surface area contributed by atoms with Crippen molar-refractivity contribution < 1.29 is 23.7 Å². The lowest BCUT2D eigenvalue weighted by Crippen LogP contribution is -2.30. The molecule has 32 heavy (non-hydrogen) atoms. The highest BCUT2D eigenvalue weighted by molar-refractivity contribution is 6.02. The van der Waals surface area contributed by atoms with Crippen LogP contribution in [0.2, 0.25) is 0 Å². The lowest BCUT2D eigenvalue weighted by Gasteiger charge is -2.30. The highest BCUT2D eigenvalue weighted by Crippen LogP contribution is 2.45. The molecule has 9 nitrogen and oxygen atoms in total. The Morgan fingerprint density at radius 3 is 2.34 bits per heavy atom. The van der Waals surface area contributed by atoms with Gasteiger partial charge in [-0.2, -0.15) is 10.1 Å². The number of rotatable bonds is 7. The quantitative estimate of drug-likeness (QED) is 0.564. The van der Waals surface area contributed by atoms with E-state index in [0.717, 1.165) is 5.56 Å². The van der Waals surface area contributed by atoms with Crippen molar-refractivity contribution in [3.63, 3.8) is 0 Å². The van der Waals surface area contributed by atoms with Crippen LogP contribution in [0.1, 0.15) is 24.1 Å². The van der Waals surface area contributed by atoms with Gasteiger partial charge in [-0.3, -0.25) is 0 Å². The van der Waals surface area contributed by atoms with Gasteiger partial charge in [0.2, 0.25) is 11.7 Å². The van der Waals surface area contributed by atoms with Crippen molar-refractivity contribution in [2.45, 2.75) is 13.0 Å². The van der Waals surface area contributed by atoms with Gasteiger partial charge in [-0.05, 0) is 30.2 Å². The molecular weight excluding hydrogens is 412 g/mol. The normalized spacial score (nSPS) is 14.9. The summed E-state index contributed by atoms with van der Waals surface area (Å²) in [6.07, 6.45) is 1.43. The molecule has 2 heterocycles. The number of esters is 1. The Bertz CT molecular complexity index is 1130. The van der Waals surface area contributed by atoms with Crippen molar-refractivity contribution in [1.82, 2.24) is 14.8 Å². The topological polar surface area (TPSA) is 96.7 Å². The molecule has 0 saturated heterocycles. The Kier molecular flexibility index (Phi) is 5.98. The fraction of sp³-hybridized carbons (Fsp3) is 0.261. The molecule has 3 aromatic rings. The molecule has 4 rings (SSSR count). The van der Waals surface area contributed by atoms with Crippen LogP contribution in [0.4, 0.5) is 5.95 Å². The van der Waals surface area contributed by atoms with E-state index in [1.165, 1.54) is 13.4 Å². The number of ether oxygens (including phenoxy) is 4. The van der Waals surface area contributed by atoms with Gasteiger partial charge in [0, 0.05) is 0 Å². The third-order valence-corrected chi connectivity index (χ3v) is 5.16. The number of fused-ring (bicyclic) bond motifs is 1. The Labute approximate surface area is 185 Å². The molecular formula is C23H24N4O5. The average Bonchev–Trinajstić information content (AvgIpc) is 3.31. The summed E-state index contributed by atoms with van der Waals surface area (Å²) in [5, 5.41) is 7.62. The van der Waals surface area contributed by atoms with Crippen molar-refractivity contribution in [3.05, 3.63) is 65.5 Å². The maximum Gasteiger partial charge on any atom is 0.338 e. The van der Waals surface area contributed by atoms with Crippen LogP contribution in [0, 0.1) is 0 Å². The molecule has 0 radical (unpaired) electrons. The summed E-state index contributed by atoms with van der Waals surface area (Å²) in [5.41, 5.74) is 2.51. The van der Waals surface area contributed by atoms with Crippen molar-refractivity contribution >= 4 is 17.6 Å². The molecule has 0 unspecified atom stereocenters. The van der Waals surface area contributed by atoms with Gasteiger partial charge >= 0.3 is 5.97 Å². The van der Waals surface area contributed by atoms with Gasteiger partial charge < -0.3 is 24.3 Å². The summed E-state index contributed by atoms with van der Waals surface area (Å²) in [6.45, 7) is 2.00. The zero-order valence-corrected chi connectivity index (χ0v) is 18.3. The molecule has 0 amide bonds. The van der Waals surface area contributed by atoms with Crippen LogP contribution in [0.3, 0.4) is 0 Å². The summed E-state index contributed by atoms with van der Waals surface area (Å²) in [5.74, 6) is 1.42. The number of hydrogen-bond acceptors (Lipinski definition) is 8. The van der Waals surface area contributed by atoms with Crippen LogP contribution in [0.15, 0.2) is 54.4 Å². The average molecular weight is 436 g/mol. The van der Waals surface area contributed by atoms with Gasteiger partial charge in [-0.1, -0.05) is 30.3 Å². The van der Waals surface area contributed by atoms with Crippen LogP contribution >= 0.6 is 0 Å².